The topological polar surface area (TPSA) is 76.1 Å². The molecule has 3 aliphatic rings. The molecule has 1 aromatic rings. The summed E-state index contributed by atoms with van der Waals surface area (Å²) in [6.07, 6.45) is 8.63. The summed E-state index contributed by atoms with van der Waals surface area (Å²) in [4.78, 5) is 27.7. The summed E-state index contributed by atoms with van der Waals surface area (Å²) in [5.41, 5.74) is 0.743. The molecule has 0 saturated carbocycles. The van der Waals surface area contributed by atoms with Crippen molar-refractivity contribution in [1.29, 1.82) is 0 Å². The van der Waals surface area contributed by atoms with Crippen LogP contribution in [0, 0.1) is 5.92 Å². The van der Waals surface area contributed by atoms with E-state index in [0.717, 1.165) is 32.1 Å². The molecule has 1 aromatic carbocycles. The molecule has 30 heavy (non-hydrogen) atoms. The van der Waals surface area contributed by atoms with Crippen LogP contribution in [0.25, 0.3) is 5.76 Å². The fourth-order valence-electron chi connectivity index (χ4n) is 4.74. The molecule has 1 amide bonds. The lowest BCUT2D eigenvalue weighted by Gasteiger charge is -2.33. The summed E-state index contributed by atoms with van der Waals surface area (Å²) in [7, 11) is 0. The zero-order valence-electron chi connectivity index (χ0n) is 17.4. The maximum atomic E-state index is 13.0. The highest BCUT2D eigenvalue weighted by molar-refractivity contribution is 6.46. The lowest BCUT2D eigenvalue weighted by Crippen LogP contribution is -2.43. The number of hydrogen-bond acceptors (Lipinski definition) is 5. The lowest BCUT2D eigenvalue weighted by molar-refractivity contribution is -0.141. The van der Waals surface area contributed by atoms with E-state index in [0.29, 0.717) is 31.1 Å². The predicted octanol–water partition coefficient (Wildman–Crippen LogP) is 3.67. The summed E-state index contributed by atoms with van der Waals surface area (Å²) in [6, 6.07) is 6.56. The molecule has 0 bridgehead atoms. The Kier molecular flexibility index (Phi) is 6.23. The molecule has 4 rings (SSSR count). The number of hydrogen-bond donors (Lipinski definition) is 1. The molecule has 2 saturated heterocycles. The third-order valence-electron chi connectivity index (χ3n) is 6.21. The molecule has 6 nitrogen and oxygen atoms in total. The number of allylic oxidation sites excluding steroid dienone is 2. The van der Waals surface area contributed by atoms with Crippen molar-refractivity contribution < 1.29 is 24.2 Å². The highest BCUT2D eigenvalue weighted by Crippen LogP contribution is 2.38. The standard InChI is InChI=1S/C24H29NO5/c1-2-29-18-12-10-17(11-13-18)22(26)20-21(16-7-4-3-5-8-16)25(24(28)23(20)27)15-19-9-6-14-30-19/h3-4,10-13,16,19,21,26H,2,5-9,14-15H2,1H3. The quantitative estimate of drug-likeness (QED) is 0.335. The minimum Gasteiger partial charge on any atom is -0.507 e. The first-order valence-corrected chi connectivity index (χ1v) is 10.9. The van der Waals surface area contributed by atoms with Crippen molar-refractivity contribution in [2.24, 2.45) is 5.92 Å². The zero-order chi connectivity index (χ0) is 21.1. The first-order chi connectivity index (χ1) is 14.6. The van der Waals surface area contributed by atoms with E-state index < -0.39 is 17.7 Å². The first-order valence-electron chi connectivity index (χ1n) is 10.9. The van der Waals surface area contributed by atoms with E-state index in [1.165, 1.54) is 0 Å². The number of aliphatic hydroxyl groups excluding tert-OH is 1. The minimum atomic E-state index is -0.598. The lowest BCUT2D eigenvalue weighted by atomic mass is 9.83. The Morgan fingerprint density at radius 3 is 2.63 bits per heavy atom. The zero-order valence-corrected chi connectivity index (χ0v) is 17.4. The molecule has 0 spiro atoms. The Morgan fingerprint density at radius 1 is 1.20 bits per heavy atom. The molecule has 2 heterocycles. The van der Waals surface area contributed by atoms with Crippen molar-refractivity contribution in [3.8, 4) is 5.75 Å². The minimum absolute atomic E-state index is 0.0460. The Labute approximate surface area is 177 Å². The summed E-state index contributed by atoms with van der Waals surface area (Å²) in [5.74, 6) is -0.434. The van der Waals surface area contributed by atoms with Crippen LogP contribution in [0.15, 0.2) is 42.0 Å². The number of carbonyl (C=O) groups excluding carboxylic acids is 2. The van der Waals surface area contributed by atoms with Gasteiger partial charge in [-0.15, -0.1) is 0 Å². The van der Waals surface area contributed by atoms with Gasteiger partial charge in [-0.2, -0.15) is 0 Å². The van der Waals surface area contributed by atoms with Gasteiger partial charge in [0.25, 0.3) is 11.7 Å². The van der Waals surface area contributed by atoms with Gasteiger partial charge in [0.15, 0.2) is 0 Å². The van der Waals surface area contributed by atoms with Gasteiger partial charge in [-0.3, -0.25) is 9.59 Å². The van der Waals surface area contributed by atoms with E-state index in [4.69, 9.17) is 9.47 Å². The third-order valence-corrected chi connectivity index (χ3v) is 6.21. The van der Waals surface area contributed by atoms with Crippen LogP contribution in [0.2, 0.25) is 0 Å². The largest absolute Gasteiger partial charge is 0.507 e. The fraction of sp³-hybridized carbons (Fsp3) is 0.500. The average molecular weight is 411 g/mol. The smallest absolute Gasteiger partial charge is 0.295 e. The van der Waals surface area contributed by atoms with Crippen LogP contribution in [0.1, 0.15) is 44.6 Å². The number of aliphatic hydroxyl groups is 1. The Morgan fingerprint density at radius 2 is 2.00 bits per heavy atom. The van der Waals surface area contributed by atoms with Gasteiger partial charge in [-0.05, 0) is 69.2 Å². The number of likely N-dealkylation sites (tertiary alicyclic amines) is 1. The summed E-state index contributed by atoms with van der Waals surface area (Å²) >= 11 is 0. The second-order valence-corrected chi connectivity index (χ2v) is 8.13. The van der Waals surface area contributed by atoms with Crippen LogP contribution < -0.4 is 4.74 Å². The molecule has 3 unspecified atom stereocenters. The van der Waals surface area contributed by atoms with Crippen LogP contribution in [0.5, 0.6) is 5.75 Å². The van der Waals surface area contributed by atoms with E-state index >= 15 is 0 Å². The Balaban J connectivity index is 1.70. The molecular weight excluding hydrogens is 382 g/mol. The molecular formula is C24H29NO5. The first kappa shape index (κ1) is 20.7. The van der Waals surface area contributed by atoms with E-state index in [1.807, 2.05) is 6.92 Å². The number of Topliss-reactive ketones (excluding diaryl/α,β-unsaturated/α-hetero) is 1. The summed E-state index contributed by atoms with van der Waals surface area (Å²) in [5, 5.41) is 11.1. The highest BCUT2D eigenvalue weighted by Gasteiger charge is 2.49. The van der Waals surface area contributed by atoms with Gasteiger partial charge < -0.3 is 19.5 Å². The Bertz CT molecular complexity index is 851. The number of ketones is 1. The molecule has 0 radical (unpaired) electrons. The van der Waals surface area contributed by atoms with Gasteiger partial charge in [0.2, 0.25) is 0 Å². The predicted molar refractivity (Wildman–Crippen MR) is 113 cm³/mol. The summed E-state index contributed by atoms with van der Waals surface area (Å²) < 4.78 is 11.2. The second kappa shape index (κ2) is 9.04. The average Bonchev–Trinajstić information content (AvgIpc) is 3.37. The monoisotopic (exact) mass is 411 g/mol. The van der Waals surface area contributed by atoms with Gasteiger partial charge >= 0.3 is 0 Å². The van der Waals surface area contributed by atoms with Crippen LogP contribution in [-0.2, 0) is 14.3 Å². The molecule has 3 atom stereocenters. The van der Waals surface area contributed by atoms with Crippen LogP contribution in [-0.4, -0.2) is 53.6 Å². The van der Waals surface area contributed by atoms with Crippen LogP contribution in [0.3, 0.4) is 0 Å². The van der Waals surface area contributed by atoms with Gasteiger partial charge in [0.05, 0.1) is 24.3 Å². The molecule has 6 heteroatoms. The van der Waals surface area contributed by atoms with Gasteiger partial charge in [-0.1, -0.05) is 12.2 Å². The SMILES string of the molecule is CCOc1ccc(C(O)=C2C(=O)C(=O)N(CC3CCCO3)C2C2CC=CCC2)cc1. The number of ether oxygens (including phenoxy) is 2. The maximum Gasteiger partial charge on any atom is 0.295 e. The van der Waals surface area contributed by atoms with E-state index in [9.17, 15) is 14.7 Å². The number of rotatable bonds is 6. The Hall–Kier alpha value is -2.60. The maximum absolute atomic E-state index is 13.0. The van der Waals surface area contributed by atoms with Crippen molar-refractivity contribution in [2.45, 2.75) is 51.2 Å². The summed E-state index contributed by atoms with van der Waals surface area (Å²) in [6.45, 7) is 3.55. The van der Waals surface area contributed by atoms with E-state index in [1.54, 1.807) is 29.2 Å². The molecule has 0 aromatic heterocycles. The fourth-order valence-corrected chi connectivity index (χ4v) is 4.74. The van der Waals surface area contributed by atoms with Crippen molar-refractivity contribution in [3.05, 3.63) is 47.6 Å². The normalized spacial score (nSPS) is 28.3. The number of nitrogens with zero attached hydrogens (tertiary/aromatic N) is 1. The van der Waals surface area contributed by atoms with Crippen molar-refractivity contribution in [3.63, 3.8) is 0 Å². The van der Waals surface area contributed by atoms with Gasteiger partial charge in [-0.25, -0.2) is 0 Å². The highest BCUT2D eigenvalue weighted by atomic mass is 16.5. The van der Waals surface area contributed by atoms with Gasteiger partial charge in [0.1, 0.15) is 11.5 Å². The van der Waals surface area contributed by atoms with Crippen molar-refractivity contribution in [2.75, 3.05) is 19.8 Å². The third kappa shape index (κ3) is 4.01. The number of carbonyl (C=O) groups is 2. The molecule has 2 aliphatic heterocycles. The number of amides is 1. The van der Waals surface area contributed by atoms with Crippen LogP contribution >= 0.6 is 0 Å². The molecule has 160 valence electrons. The van der Waals surface area contributed by atoms with Crippen molar-refractivity contribution in [1.82, 2.24) is 4.90 Å². The molecule has 1 aliphatic carbocycles. The van der Waals surface area contributed by atoms with E-state index in [-0.39, 0.29) is 23.4 Å². The van der Waals surface area contributed by atoms with Crippen LogP contribution in [0.4, 0.5) is 0 Å². The van der Waals surface area contributed by atoms with Crippen molar-refractivity contribution >= 4 is 17.4 Å². The molecule has 1 N–H and O–H groups in total. The molecule has 2 fully saturated rings. The van der Waals surface area contributed by atoms with Gasteiger partial charge in [0, 0.05) is 18.7 Å². The number of benzene rings is 1. The van der Waals surface area contributed by atoms with E-state index in [2.05, 4.69) is 12.2 Å². The second-order valence-electron chi connectivity index (χ2n) is 8.13.